The predicted molar refractivity (Wildman–Crippen MR) is 92.7 cm³/mol. The molecule has 7 nitrogen and oxygen atoms in total. The van der Waals surface area contributed by atoms with Gasteiger partial charge in [-0.1, -0.05) is 12.1 Å². The topological polar surface area (TPSA) is 87.6 Å². The number of fused-ring (bicyclic) bond motifs is 3. The van der Waals surface area contributed by atoms with Gasteiger partial charge < -0.3 is 9.84 Å². The van der Waals surface area contributed by atoms with E-state index in [1.807, 2.05) is 12.1 Å². The summed E-state index contributed by atoms with van der Waals surface area (Å²) < 4.78 is 6.05. The first-order valence-corrected chi connectivity index (χ1v) is 8.49. The van der Waals surface area contributed by atoms with E-state index in [1.54, 1.807) is 24.5 Å². The average molecular weight is 340 g/mol. The second-order valence-electron chi connectivity index (χ2n) is 6.54. The molecule has 25 heavy (non-hydrogen) atoms. The lowest BCUT2D eigenvalue weighted by molar-refractivity contribution is -0.0101. The van der Waals surface area contributed by atoms with Gasteiger partial charge in [0.1, 0.15) is 6.10 Å². The molecule has 0 spiro atoms. The largest absolute Gasteiger partial charge is 0.472 e. The van der Waals surface area contributed by atoms with Crippen LogP contribution in [-0.4, -0.2) is 51.8 Å². The van der Waals surface area contributed by atoms with Crippen LogP contribution in [0.5, 0.6) is 5.88 Å². The SMILES string of the molecule is O=C(O)Nc1ccc(-c2cnc(OC3CN4CCC3CC4)cn2)cc1. The summed E-state index contributed by atoms with van der Waals surface area (Å²) in [4.78, 5) is 21.9. The van der Waals surface area contributed by atoms with E-state index >= 15 is 0 Å². The molecule has 7 heteroatoms. The first-order valence-electron chi connectivity index (χ1n) is 8.49. The van der Waals surface area contributed by atoms with Gasteiger partial charge in [-0.05, 0) is 44.0 Å². The predicted octanol–water partition coefficient (Wildman–Crippen LogP) is 2.71. The molecule has 3 aliphatic rings. The van der Waals surface area contributed by atoms with E-state index in [2.05, 4.69) is 20.2 Å². The molecule has 2 bridgehead atoms. The Labute approximate surface area is 145 Å². The molecule has 0 saturated carbocycles. The zero-order valence-electron chi connectivity index (χ0n) is 13.8. The molecule has 5 rings (SSSR count). The summed E-state index contributed by atoms with van der Waals surface area (Å²) in [5, 5.41) is 11.0. The molecule has 2 aromatic rings. The van der Waals surface area contributed by atoms with Crippen LogP contribution in [0.2, 0.25) is 0 Å². The van der Waals surface area contributed by atoms with Gasteiger partial charge >= 0.3 is 6.09 Å². The van der Waals surface area contributed by atoms with Gasteiger partial charge in [0.05, 0.1) is 18.1 Å². The number of hydrogen-bond acceptors (Lipinski definition) is 5. The van der Waals surface area contributed by atoms with Gasteiger partial charge in [0.15, 0.2) is 0 Å². The third-order valence-electron chi connectivity index (χ3n) is 4.93. The summed E-state index contributed by atoms with van der Waals surface area (Å²) in [5.41, 5.74) is 2.12. The van der Waals surface area contributed by atoms with Crippen LogP contribution in [0, 0.1) is 5.92 Å². The van der Waals surface area contributed by atoms with E-state index in [-0.39, 0.29) is 6.10 Å². The Balaban J connectivity index is 1.42. The highest BCUT2D eigenvalue weighted by molar-refractivity contribution is 5.83. The molecule has 1 aromatic heterocycles. The van der Waals surface area contributed by atoms with Crippen LogP contribution in [0.1, 0.15) is 12.8 Å². The average Bonchev–Trinajstić information content (AvgIpc) is 2.64. The number of aromatic nitrogens is 2. The van der Waals surface area contributed by atoms with Gasteiger partial charge in [-0.25, -0.2) is 14.8 Å². The summed E-state index contributed by atoms with van der Waals surface area (Å²) in [5.74, 6) is 1.19. The number of carboxylic acid groups (broad SMARTS) is 1. The molecule has 0 radical (unpaired) electrons. The number of nitrogens with one attached hydrogen (secondary N) is 1. The molecule has 1 aromatic carbocycles. The minimum Gasteiger partial charge on any atom is -0.472 e. The fraction of sp³-hybridized carbons (Fsp3) is 0.389. The van der Waals surface area contributed by atoms with Crippen molar-refractivity contribution in [3.63, 3.8) is 0 Å². The number of nitrogens with zero attached hydrogens (tertiary/aromatic N) is 3. The van der Waals surface area contributed by atoms with Crippen LogP contribution in [-0.2, 0) is 0 Å². The molecule has 1 atom stereocenters. The molecule has 4 heterocycles. The zero-order valence-corrected chi connectivity index (χ0v) is 13.8. The van der Waals surface area contributed by atoms with E-state index in [0.29, 0.717) is 17.5 Å². The number of rotatable bonds is 4. The van der Waals surface area contributed by atoms with Gasteiger partial charge in [0.25, 0.3) is 0 Å². The molecule has 3 aliphatic heterocycles. The highest BCUT2D eigenvalue weighted by Gasteiger charge is 2.35. The summed E-state index contributed by atoms with van der Waals surface area (Å²) in [6.07, 6.45) is 4.89. The van der Waals surface area contributed by atoms with Crippen molar-refractivity contribution in [2.45, 2.75) is 18.9 Å². The van der Waals surface area contributed by atoms with E-state index in [0.717, 1.165) is 17.8 Å². The van der Waals surface area contributed by atoms with Crippen molar-refractivity contribution in [1.82, 2.24) is 14.9 Å². The first-order chi connectivity index (χ1) is 12.2. The maximum atomic E-state index is 10.6. The number of ether oxygens (including phenoxy) is 1. The molecule has 2 N–H and O–H groups in total. The van der Waals surface area contributed by atoms with Crippen molar-refractivity contribution in [2.24, 2.45) is 5.92 Å². The fourth-order valence-corrected chi connectivity index (χ4v) is 3.57. The van der Waals surface area contributed by atoms with E-state index in [4.69, 9.17) is 9.84 Å². The summed E-state index contributed by atoms with van der Waals surface area (Å²) in [7, 11) is 0. The van der Waals surface area contributed by atoms with E-state index in [1.165, 1.54) is 25.9 Å². The first kappa shape index (κ1) is 15.8. The lowest BCUT2D eigenvalue weighted by Gasteiger charge is -2.44. The monoisotopic (exact) mass is 340 g/mol. The maximum absolute atomic E-state index is 10.6. The van der Waals surface area contributed by atoms with Crippen LogP contribution in [0.4, 0.5) is 10.5 Å². The molecule has 1 unspecified atom stereocenters. The van der Waals surface area contributed by atoms with Crippen molar-refractivity contribution in [3.8, 4) is 17.1 Å². The highest BCUT2D eigenvalue weighted by Crippen LogP contribution is 2.30. The summed E-state index contributed by atoms with van der Waals surface area (Å²) >= 11 is 0. The quantitative estimate of drug-likeness (QED) is 0.890. The molecule has 1 amide bonds. The summed E-state index contributed by atoms with van der Waals surface area (Å²) in [6.45, 7) is 3.34. The van der Waals surface area contributed by atoms with Crippen LogP contribution < -0.4 is 10.1 Å². The Morgan fingerprint density at radius 2 is 1.92 bits per heavy atom. The maximum Gasteiger partial charge on any atom is 0.409 e. The van der Waals surface area contributed by atoms with Crippen molar-refractivity contribution in [2.75, 3.05) is 25.0 Å². The Morgan fingerprint density at radius 1 is 1.16 bits per heavy atom. The molecule has 130 valence electrons. The minimum atomic E-state index is -1.08. The zero-order chi connectivity index (χ0) is 17.2. The fourth-order valence-electron chi connectivity index (χ4n) is 3.57. The standard InChI is InChI=1S/C18H20N4O3/c23-18(24)21-14-3-1-12(2-4-14)15-9-20-17(10-19-15)25-16-11-22-7-5-13(16)6-8-22/h1-4,9-10,13,16,21H,5-8,11H2,(H,23,24). The normalized spacial score (nSPS) is 24.7. The van der Waals surface area contributed by atoms with Crippen molar-refractivity contribution in [3.05, 3.63) is 36.7 Å². The number of amides is 1. The van der Waals surface area contributed by atoms with E-state index in [9.17, 15) is 4.79 Å². The van der Waals surface area contributed by atoms with Gasteiger partial charge in [-0.2, -0.15) is 0 Å². The third-order valence-corrected chi connectivity index (χ3v) is 4.93. The number of carbonyl (C=O) groups is 1. The molecular weight excluding hydrogens is 320 g/mol. The van der Waals surface area contributed by atoms with Crippen molar-refractivity contribution >= 4 is 11.8 Å². The second-order valence-corrected chi connectivity index (χ2v) is 6.54. The van der Waals surface area contributed by atoms with Crippen LogP contribution in [0.25, 0.3) is 11.3 Å². The van der Waals surface area contributed by atoms with Crippen molar-refractivity contribution < 1.29 is 14.6 Å². The van der Waals surface area contributed by atoms with Gasteiger partial charge in [-0.3, -0.25) is 10.2 Å². The molecule has 3 saturated heterocycles. The van der Waals surface area contributed by atoms with Crippen LogP contribution >= 0.6 is 0 Å². The van der Waals surface area contributed by atoms with Crippen LogP contribution in [0.3, 0.4) is 0 Å². The Morgan fingerprint density at radius 3 is 2.48 bits per heavy atom. The molecule has 3 fully saturated rings. The van der Waals surface area contributed by atoms with Crippen LogP contribution in [0.15, 0.2) is 36.7 Å². The number of hydrogen-bond donors (Lipinski definition) is 2. The summed E-state index contributed by atoms with van der Waals surface area (Å²) in [6, 6.07) is 7.01. The Hall–Kier alpha value is -2.67. The van der Waals surface area contributed by atoms with Gasteiger partial charge in [-0.15, -0.1) is 0 Å². The third kappa shape index (κ3) is 3.56. The Bertz CT molecular complexity index is 740. The van der Waals surface area contributed by atoms with Crippen molar-refractivity contribution in [1.29, 1.82) is 0 Å². The molecular formula is C18H20N4O3. The minimum absolute atomic E-state index is 0.212. The number of benzene rings is 1. The second kappa shape index (κ2) is 6.68. The molecule has 0 aliphatic carbocycles. The Kier molecular flexibility index (Phi) is 4.23. The number of piperidine rings is 3. The van der Waals surface area contributed by atoms with Gasteiger partial charge in [0.2, 0.25) is 5.88 Å². The lowest BCUT2D eigenvalue weighted by atomic mass is 9.86. The number of anilines is 1. The lowest BCUT2D eigenvalue weighted by Crippen LogP contribution is -2.52. The van der Waals surface area contributed by atoms with Gasteiger partial charge in [0, 0.05) is 17.8 Å². The smallest absolute Gasteiger partial charge is 0.409 e. The van der Waals surface area contributed by atoms with E-state index < -0.39 is 6.09 Å². The highest BCUT2D eigenvalue weighted by atomic mass is 16.5.